The molecule has 0 atom stereocenters. The first kappa shape index (κ1) is 20.3. The number of rotatable bonds is 5. The Morgan fingerprint density at radius 1 is 1.07 bits per heavy atom. The first-order valence-electron chi connectivity index (χ1n) is 9.68. The fourth-order valence-corrected chi connectivity index (χ4v) is 3.72. The molecule has 5 nitrogen and oxygen atoms in total. The van der Waals surface area contributed by atoms with Gasteiger partial charge in [-0.2, -0.15) is 0 Å². The van der Waals surface area contributed by atoms with Crippen LogP contribution in [0.5, 0.6) is 0 Å². The highest BCUT2D eigenvalue weighted by molar-refractivity contribution is 6.30. The summed E-state index contributed by atoms with van der Waals surface area (Å²) in [6.07, 6.45) is 1.77. The molecule has 1 saturated heterocycles. The second kappa shape index (κ2) is 8.83. The van der Waals surface area contributed by atoms with Gasteiger partial charge in [0, 0.05) is 49.7 Å². The number of amides is 1. The van der Waals surface area contributed by atoms with E-state index in [4.69, 9.17) is 16.0 Å². The van der Waals surface area contributed by atoms with Crippen molar-refractivity contribution in [3.05, 3.63) is 71.2 Å². The maximum absolute atomic E-state index is 13.9. The van der Waals surface area contributed by atoms with Gasteiger partial charge < -0.3 is 14.2 Å². The summed E-state index contributed by atoms with van der Waals surface area (Å²) in [7, 11) is 0. The number of hydrogen-bond acceptors (Lipinski definition) is 4. The first-order valence-corrected chi connectivity index (χ1v) is 10.1. The number of oxazole rings is 1. The summed E-state index contributed by atoms with van der Waals surface area (Å²) in [6.45, 7) is 2.68. The Bertz CT molecular complexity index is 1030. The molecule has 0 bridgehead atoms. The minimum absolute atomic E-state index is 0.00225. The highest BCUT2D eigenvalue weighted by Gasteiger charge is 2.22. The van der Waals surface area contributed by atoms with Gasteiger partial charge in [-0.3, -0.25) is 4.79 Å². The van der Waals surface area contributed by atoms with Crippen LogP contribution in [0.2, 0.25) is 5.02 Å². The Kier molecular flexibility index (Phi) is 5.99. The maximum Gasteiger partial charge on any atom is 0.223 e. The van der Waals surface area contributed by atoms with E-state index in [0.717, 1.165) is 30.9 Å². The fraction of sp³-hybridized carbons (Fsp3) is 0.273. The lowest BCUT2D eigenvalue weighted by Crippen LogP contribution is -2.48. The van der Waals surface area contributed by atoms with Crippen LogP contribution in [0, 0.1) is 11.6 Å². The molecule has 0 unspecified atom stereocenters. The average molecular weight is 432 g/mol. The minimum Gasteiger partial charge on any atom is -0.441 e. The van der Waals surface area contributed by atoms with Crippen molar-refractivity contribution in [3.63, 3.8) is 0 Å². The molecule has 1 aliphatic heterocycles. The summed E-state index contributed by atoms with van der Waals surface area (Å²) in [5.74, 6) is -1.14. The van der Waals surface area contributed by atoms with Gasteiger partial charge in [0.1, 0.15) is 11.6 Å². The molecule has 4 rings (SSSR count). The summed E-state index contributed by atoms with van der Waals surface area (Å²) in [5.41, 5.74) is 0.794. The molecular weight excluding hydrogens is 412 g/mol. The van der Waals surface area contributed by atoms with E-state index in [0.29, 0.717) is 18.1 Å². The van der Waals surface area contributed by atoms with Crippen LogP contribution in [0.3, 0.4) is 0 Å². The van der Waals surface area contributed by atoms with E-state index in [-0.39, 0.29) is 36.0 Å². The molecule has 1 aliphatic rings. The first-order chi connectivity index (χ1) is 14.5. The van der Waals surface area contributed by atoms with E-state index in [2.05, 4.69) is 9.88 Å². The van der Waals surface area contributed by atoms with Gasteiger partial charge in [0.05, 0.1) is 11.8 Å². The van der Waals surface area contributed by atoms with Crippen molar-refractivity contribution < 1.29 is 18.0 Å². The van der Waals surface area contributed by atoms with Crippen molar-refractivity contribution in [3.8, 4) is 11.3 Å². The molecule has 2 heterocycles. The third-order valence-electron chi connectivity index (χ3n) is 5.12. The lowest BCUT2D eigenvalue weighted by atomic mass is 10.1. The number of hydrogen-bond donors (Lipinski definition) is 0. The van der Waals surface area contributed by atoms with Crippen LogP contribution in [0.4, 0.5) is 14.5 Å². The maximum atomic E-state index is 13.9. The van der Waals surface area contributed by atoms with E-state index >= 15 is 0 Å². The van der Waals surface area contributed by atoms with Gasteiger partial charge in [-0.05, 0) is 30.3 Å². The zero-order valence-corrected chi connectivity index (χ0v) is 16.9. The molecule has 3 aromatic rings. The van der Waals surface area contributed by atoms with Gasteiger partial charge >= 0.3 is 0 Å². The predicted octanol–water partition coefficient (Wildman–Crippen LogP) is 4.55. The van der Waals surface area contributed by atoms with Gasteiger partial charge in [0.2, 0.25) is 5.91 Å². The summed E-state index contributed by atoms with van der Waals surface area (Å²) in [4.78, 5) is 20.6. The number of carbonyl (C=O) groups excluding carboxylic acids is 1. The molecule has 0 aliphatic carbocycles. The van der Waals surface area contributed by atoms with Crippen LogP contribution in [0.15, 0.2) is 53.1 Å². The fourth-order valence-electron chi connectivity index (χ4n) is 3.53. The van der Waals surface area contributed by atoms with E-state index in [9.17, 15) is 13.6 Å². The summed E-state index contributed by atoms with van der Waals surface area (Å²) >= 11 is 6.05. The van der Waals surface area contributed by atoms with Crippen molar-refractivity contribution in [2.24, 2.45) is 0 Å². The number of carbonyl (C=O) groups is 1. The number of anilines is 1. The molecule has 1 amide bonds. The number of benzene rings is 2. The Hall–Kier alpha value is -2.93. The smallest absolute Gasteiger partial charge is 0.223 e. The molecule has 1 fully saturated rings. The molecule has 0 N–H and O–H groups in total. The van der Waals surface area contributed by atoms with Crippen molar-refractivity contribution >= 4 is 23.2 Å². The standard InChI is InChI=1S/C22H20ClF2N3O2/c23-15-3-1-4-16(13-15)27-9-11-28(12-10-27)21(29)8-7-20-26-14-19(30-20)22-17(24)5-2-6-18(22)25/h1-6,13-14H,7-12H2. The zero-order valence-electron chi connectivity index (χ0n) is 16.2. The minimum atomic E-state index is -0.716. The molecule has 2 aromatic carbocycles. The van der Waals surface area contributed by atoms with Crippen LogP contribution in [-0.4, -0.2) is 42.0 Å². The second-order valence-corrected chi connectivity index (χ2v) is 7.50. The number of nitrogens with zero attached hydrogens (tertiary/aromatic N) is 3. The highest BCUT2D eigenvalue weighted by Crippen LogP contribution is 2.27. The zero-order chi connectivity index (χ0) is 21.1. The lowest BCUT2D eigenvalue weighted by molar-refractivity contribution is -0.131. The SMILES string of the molecule is O=C(CCc1ncc(-c2c(F)cccc2F)o1)N1CCN(c2cccc(Cl)c2)CC1. The van der Waals surface area contributed by atoms with Crippen molar-refractivity contribution in [2.75, 3.05) is 31.1 Å². The molecule has 0 saturated carbocycles. The highest BCUT2D eigenvalue weighted by atomic mass is 35.5. The molecule has 0 radical (unpaired) electrons. The topological polar surface area (TPSA) is 49.6 Å². The number of aryl methyl sites for hydroxylation is 1. The van der Waals surface area contributed by atoms with Gasteiger partial charge in [-0.15, -0.1) is 0 Å². The van der Waals surface area contributed by atoms with E-state index in [1.165, 1.54) is 12.3 Å². The quantitative estimate of drug-likeness (QED) is 0.594. The van der Waals surface area contributed by atoms with Crippen LogP contribution in [0.25, 0.3) is 11.3 Å². The van der Waals surface area contributed by atoms with Crippen molar-refractivity contribution in [1.82, 2.24) is 9.88 Å². The number of halogens is 3. The summed E-state index contributed by atoms with van der Waals surface area (Å²) in [6, 6.07) is 11.3. The van der Waals surface area contributed by atoms with Gasteiger partial charge in [0.15, 0.2) is 11.7 Å². The van der Waals surface area contributed by atoms with Crippen molar-refractivity contribution in [1.29, 1.82) is 0 Å². The Labute approximate surface area is 177 Å². The number of piperazine rings is 1. The van der Waals surface area contributed by atoms with E-state index in [1.807, 2.05) is 24.3 Å². The van der Waals surface area contributed by atoms with Crippen LogP contribution >= 0.6 is 11.6 Å². The largest absolute Gasteiger partial charge is 0.441 e. The molecule has 30 heavy (non-hydrogen) atoms. The normalized spacial score (nSPS) is 14.2. The summed E-state index contributed by atoms with van der Waals surface area (Å²) in [5, 5.41) is 0.687. The van der Waals surface area contributed by atoms with Crippen LogP contribution in [0.1, 0.15) is 12.3 Å². The van der Waals surface area contributed by atoms with Crippen molar-refractivity contribution in [2.45, 2.75) is 12.8 Å². The van der Waals surface area contributed by atoms with Gasteiger partial charge in [-0.1, -0.05) is 23.7 Å². The Balaban J connectivity index is 1.31. The lowest BCUT2D eigenvalue weighted by Gasteiger charge is -2.36. The third-order valence-corrected chi connectivity index (χ3v) is 5.36. The monoisotopic (exact) mass is 431 g/mol. The number of aromatic nitrogens is 1. The summed E-state index contributed by atoms with van der Waals surface area (Å²) < 4.78 is 33.2. The predicted molar refractivity (Wildman–Crippen MR) is 110 cm³/mol. The molecule has 156 valence electrons. The van der Waals surface area contributed by atoms with Gasteiger partial charge in [0.25, 0.3) is 0 Å². The van der Waals surface area contributed by atoms with Gasteiger partial charge in [-0.25, -0.2) is 13.8 Å². The second-order valence-electron chi connectivity index (χ2n) is 7.06. The Morgan fingerprint density at radius 3 is 2.47 bits per heavy atom. The Morgan fingerprint density at radius 2 is 1.77 bits per heavy atom. The van der Waals surface area contributed by atoms with E-state index in [1.54, 1.807) is 4.90 Å². The molecule has 1 aromatic heterocycles. The van der Waals surface area contributed by atoms with E-state index < -0.39 is 11.6 Å². The molecular formula is C22H20ClF2N3O2. The van der Waals surface area contributed by atoms with Crippen LogP contribution in [-0.2, 0) is 11.2 Å². The molecule has 8 heteroatoms. The van der Waals surface area contributed by atoms with Crippen LogP contribution < -0.4 is 4.90 Å². The third kappa shape index (κ3) is 4.46. The average Bonchev–Trinajstić information content (AvgIpc) is 3.20. The molecule has 0 spiro atoms.